The first-order valence-electron chi connectivity index (χ1n) is 5.60. The summed E-state index contributed by atoms with van der Waals surface area (Å²) in [5, 5.41) is -0.353. The van der Waals surface area contributed by atoms with E-state index in [1.54, 1.807) is 0 Å². The van der Waals surface area contributed by atoms with Crippen LogP contribution in [0.25, 0.3) is 0 Å². The molecule has 0 N–H and O–H groups in total. The number of rotatable bonds is 4. The molecule has 0 bridgehead atoms. The summed E-state index contributed by atoms with van der Waals surface area (Å²) in [5.41, 5.74) is 0.174. The number of ketones is 2. The Bertz CT molecular complexity index is 674. The second kappa shape index (κ2) is 6.11. The molecule has 0 aliphatic heterocycles. The van der Waals surface area contributed by atoms with Crippen molar-refractivity contribution in [3.8, 4) is 0 Å². The second-order valence-corrected chi connectivity index (χ2v) is 4.76. The number of aromatic nitrogens is 1. The SMILES string of the molecule is O=C(CC(=O)c1c(Cl)ccc(F)c1Cl)c1ccncc1. The molecule has 102 valence electrons. The van der Waals surface area contributed by atoms with Gasteiger partial charge in [-0.1, -0.05) is 23.2 Å². The molecular formula is C14H8Cl2FNO2. The zero-order valence-electron chi connectivity index (χ0n) is 10.1. The van der Waals surface area contributed by atoms with Crippen LogP contribution in [0.4, 0.5) is 4.39 Å². The number of carbonyl (C=O) groups excluding carboxylic acids is 2. The lowest BCUT2D eigenvalue weighted by molar-refractivity contribution is 0.0894. The first-order valence-corrected chi connectivity index (χ1v) is 6.36. The summed E-state index contributed by atoms with van der Waals surface area (Å²) in [6, 6.07) is 5.27. The maximum absolute atomic E-state index is 13.3. The van der Waals surface area contributed by atoms with Gasteiger partial charge >= 0.3 is 0 Å². The van der Waals surface area contributed by atoms with E-state index in [1.165, 1.54) is 30.6 Å². The smallest absolute Gasteiger partial charge is 0.173 e. The fourth-order valence-corrected chi connectivity index (χ4v) is 2.24. The predicted molar refractivity (Wildman–Crippen MR) is 73.9 cm³/mol. The number of carbonyl (C=O) groups is 2. The average Bonchev–Trinajstić information content (AvgIpc) is 2.44. The van der Waals surface area contributed by atoms with Crippen LogP contribution in [0.3, 0.4) is 0 Å². The molecule has 0 radical (unpaired) electrons. The fraction of sp³-hybridized carbons (Fsp3) is 0.0714. The second-order valence-electron chi connectivity index (χ2n) is 3.98. The molecule has 0 atom stereocenters. The van der Waals surface area contributed by atoms with E-state index in [0.29, 0.717) is 5.56 Å². The predicted octanol–water partition coefficient (Wildman–Crippen LogP) is 3.98. The molecule has 0 amide bonds. The Labute approximate surface area is 124 Å². The number of Topliss-reactive ketones (excluding diaryl/α,β-unsaturated/α-hetero) is 2. The van der Waals surface area contributed by atoms with Crippen LogP contribution in [0.5, 0.6) is 0 Å². The van der Waals surface area contributed by atoms with Gasteiger partial charge in [-0.25, -0.2) is 4.39 Å². The lowest BCUT2D eigenvalue weighted by atomic mass is 10.0. The Kier molecular flexibility index (Phi) is 4.47. The van der Waals surface area contributed by atoms with E-state index in [1.807, 2.05) is 0 Å². The topological polar surface area (TPSA) is 47.0 Å². The Hall–Kier alpha value is -1.78. The molecule has 20 heavy (non-hydrogen) atoms. The molecule has 0 spiro atoms. The Balaban J connectivity index is 2.26. The fourth-order valence-electron chi connectivity index (χ4n) is 1.66. The third kappa shape index (κ3) is 3.03. The maximum atomic E-state index is 13.3. The van der Waals surface area contributed by atoms with E-state index in [9.17, 15) is 14.0 Å². The van der Waals surface area contributed by atoms with Crippen molar-refractivity contribution in [2.24, 2.45) is 0 Å². The van der Waals surface area contributed by atoms with E-state index in [4.69, 9.17) is 23.2 Å². The van der Waals surface area contributed by atoms with Crippen molar-refractivity contribution in [2.45, 2.75) is 6.42 Å². The van der Waals surface area contributed by atoms with E-state index >= 15 is 0 Å². The molecule has 2 rings (SSSR count). The van der Waals surface area contributed by atoms with Gasteiger partial charge in [0, 0.05) is 18.0 Å². The van der Waals surface area contributed by atoms with E-state index in [0.717, 1.165) is 6.07 Å². The number of halogens is 3. The van der Waals surface area contributed by atoms with E-state index in [-0.39, 0.29) is 15.6 Å². The summed E-state index contributed by atoms with van der Waals surface area (Å²) >= 11 is 11.6. The summed E-state index contributed by atoms with van der Waals surface area (Å²) in [7, 11) is 0. The van der Waals surface area contributed by atoms with Gasteiger partial charge in [-0.15, -0.1) is 0 Å². The third-order valence-electron chi connectivity index (χ3n) is 2.65. The number of benzene rings is 1. The summed E-state index contributed by atoms with van der Waals surface area (Å²) < 4.78 is 13.3. The van der Waals surface area contributed by atoms with Crippen molar-refractivity contribution in [3.63, 3.8) is 0 Å². The molecular weight excluding hydrogens is 304 g/mol. The number of hydrogen-bond acceptors (Lipinski definition) is 3. The van der Waals surface area contributed by atoms with Crippen molar-refractivity contribution in [1.29, 1.82) is 0 Å². The standard InChI is InChI=1S/C14H8Cl2FNO2/c15-9-1-2-10(17)14(16)13(9)12(20)7-11(19)8-3-5-18-6-4-8/h1-6H,7H2. The molecule has 2 aromatic rings. The molecule has 1 aromatic carbocycles. The Morgan fingerprint density at radius 3 is 2.35 bits per heavy atom. The summed E-state index contributed by atoms with van der Waals surface area (Å²) in [4.78, 5) is 27.7. The number of nitrogens with zero attached hydrogens (tertiary/aromatic N) is 1. The first kappa shape index (κ1) is 14.6. The van der Waals surface area contributed by atoms with Crippen LogP contribution in [0.15, 0.2) is 36.7 Å². The third-order valence-corrected chi connectivity index (χ3v) is 3.33. The normalized spacial score (nSPS) is 10.3. The first-order chi connectivity index (χ1) is 9.50. The van der Waals surface area contributed by atoms with Gasteiger partial charge in [-0.2, -0.15) is 0 Å². The van der Waals surface area contributed by atoms with E-state index in [2.05, 4.69) is 4.98 Å². The maximum Gasteiger partial charge on any atom is 0.173 e. The van der Waals surface area contributed by atoms with Gasteiger partial charge in [0.1, 0.15) is 5.82 Å². The highest BCUT2D eigenvalue weighted by Gasteiger charge is 2.21. The Morgan fingerprint density at radius 2 is 1.70 bits per heavy atom. The number of hydrogen-bond donors (Lipinski definition) is 0. The van der Waals surface area contributed by atoms with E-state index < -0.39 is 23.8 Å². The molecule has 0 fully saturated rings. The molecule has 6 heteroatoms. The summed E-state index contributed by atoms with van der Waals surface area (Å²) in [6.45, 7) is 0. The highest BCUT2D eigenvalue weighted by atomic mass is 35.5. The van der Waals surface area contributed by atoms with Crippen LogP contribution in [0, 0.1) is 5.82 Å². The molecule has 0 saturated heterocycles. The average molecular weight is 312 g/mol. The van der Waals surface area contributed by atoms with Crippen molar-refractivity contribution < 1.29 is 14.0 Å². The Morgan fingerprint density at radius 1 is 1.05 bits per heavy atom. The van der Waals surface area contributed by atoms with Crippen LogP contribution in [-0.4, -0.2) is 16.6 Å². The molecule has 0 aliphatic rings. The molecule has 0 saturated carbocycles. The monoisotopic (exact) mass is 311 g/mol. The largest absolute Gasteiger partial charge is 0.294 e. The zero-order valence-corrected chi connectivity index (χ0v) is 11.6. The van der Waals surface area contributed by atoms with Crippen LogP contribution in [-0.2, 0) is 0 Å². The van der Waals surface area contributed by atoms with Crippen LogP contribution in [0.2, 0.25) is 10.0 Å². The van der Waals surface area contributed by atoms with Crippen molar-refractivity contribution in [2.75, 3.05) is 0 Å². The minimum atomic E-state index is -0.754. The van der Waals surface area contributed by atoms with Crippen LogP contribution >= 0.6 is 23.2 Å². The van der Waals surface area contributed by atoms with Gasteiger partial charge in [0.05, 0.1) is 22.0 Å². The van der Waals surface area contributed by atoms with Crippen LogP contribution < -0.4 is 0 Å². The van der Waals surface area contributed by atoms with Gasteiger partial charge in [0.15, 0.2) is 11.6 Å². The van der Waals surface area contributed by atoms with Gasteiger partial charge in [-0.3, -0.25) is 14.6 Å². The quantitative estimate of drug-likeness (QED) is 0.487. The van der Waals surface area contributed by atoms with Gasteiger partial charge < -0.3 is 0 Å². The summed E-state index contributed by atoms with van der Waals surface area (Å²) in [6.07, 6.45) is 2.45. The highest BCUT2D eigenvalue weighted by molar-refractivity contribution is 6.40. The molecule has 1 aromatic heterocycles. The molecule has 0 unspecified atom stereocenters. The lowest BCUT2D eigenvalue weighted by Crippen LogP contribution is -2.10. The van der Waals surface area contributed by atoms with Crippen LogP contribution in [0.1, 0.15) is 27.1 Å². The van der Waals surface area contributed by atoms with Gasteiger partial charge in [0.25, 0.3) is 0 Å². The molecule has 0 aliphatic carbocycles. The van der Waals surface area contributed by atoms with Crippen molar-refractivity contribution >= 4 is 34.8 Å². The van der Waals surface area contributed by atoms with Crippen molar-refractivity contribution in [1.82, 2.24) is 4.98 Å². The minimum Gasteiger partial charge on any atom is -0.294 e. The zero-order chi connectivity index (χ0) is 14.7. The molecule has 3 nitrogen and oxygen atoms in total. The van der Waals surface area contributed by atoms with Gasteiger partial charge in [0.2, 0.25) is 0 Å². The number of pyridine rings is 1. The molecule has 1 heterocycles. The highest BCUT2D eigenvalue weighted by Crippen LogP contribution is 2.28. The summed E-state index contributed by atoms with van der Waals surface area (Å²) in [5.74, 6) is -1.79. The lowest BCUT2D eigenvalue weighted by Gasteiger charge is -2.06. The van der Waals surface area contributed by atoms with Crippen molar-refractivity contribution in [3.05, 3.63) is 63.6 Å². The van der Waals surface area contributed by atoms with Gasteiger partial charge in [-0.05, 0) is 24.3 Å². The minimum absolute atomic E-state index is 0.0175.